The molecule has 7 heteroatoms. The smallest absolute Gasteiger partial charge is 0.372 e. The second-order valence-corrected chi connectivity index (χ2v) is 5.31. The van der Waals surface area contributed by atoms with Gasteiger partial charge >= 0.3 is 6.18 Å². The molecule has 0 bridgehead atoms. The van der Waals surface area contributed by atoms with Crippen LogP contribution in [0.25, 0.3) is 0 Å². The average molecular weight is 302 g/mol. The highest BCUT2D eigenvalue weighted by atomic mass is 35.5. The zero-order valence-corrected chi connectivity index (χ0v) is 11.4. The fourth-order valence-electron chi connectivity index (χ4n) is 2.06. The highest BCUT2D eigenvalue weighted by molar-refractivity contribution is 6.21. The van der Waals surface area contributed by atoms with Crippen LogP contribution in [0.5, 0.6) is 0 Å². The van der Waals surface area contributed by atoms with E-state index in [9.17, 15) is 18.0 Å². The minimum absolute atomic E-state index is 0.0732. The van der Waals surface area contributed by atoms with Gasteiger partial charge in [-0.25, -0.2) is 0 Å². The normalized spacial score (nSPS) is 24.8. The standard InChI is InChI=1S/C12H19ClF3NO2/c13-9-4-2-1-3-5-10(9)17-11(18)6-7-19-8-12(14,15)16/h9-10H,1-8H2,(H,17,18). The van der Waals surface area contributed by atoms with E-state index >= 15 is 0 Å². The molecule has 1 amide bonds. The molecule has 1 fully saturated rings. The molecule has 0 aromatic heterocycles. The maximum Gasteiger partial charge on any atom is 0.411 e. The van der Waals surface area contributed by atoms with Crippen molar-refractivity contribution in [2.75, 3.05) is 13.2 Å². The lowest BCUT2D eigenvalue weighted by Crippen LogP contribution is -2.40. The van der Waals surface area contributed by atoms with Gasteiger partial charge in [0.2, 0.25) is 5.91 Å². The van der Waals surface area contributed by atoms with Crippen molar-refractivity contribution >= 4 is 17.5 Å². The second kappa shape index (κ2) is 7.94. The number of nitrogens with one attached hydrogen (secondary N) is 1. The summed E-state index contributed by atoms with van der Waals surface area (Å²) < 4.78 is 39.8. The molecule has 2 atom stereocenters. The molecular formula is C12H19ClF3NO2. The van der Waals surface area contributed by atoms with Crippen molar-refractivity contribution in [1.29, 1.82) is 0 Å². The monoisotopic (exact) mass is 301 g/mol. The van der Waals surface area contributed by atoms with Gasteiger partial charge in [-0.1, -0.05) is 19.3 Å². The van der Waals surface area contributed by atoms with E-state index in [1.165, 1.54) is 0 Å². The SMILES string of the molecule is O=C(CCOCC(F)(F)F)NC1CCCCCC1Cl. The van der Waals surface area contributed by atoms with Crippen molar-refractivity contribution in [2.45, 2.75) is 56.1 Å². The molecule has 1 rings (SSSR count). The van der Waals surface area contributed by atoms with Crippen LogP contribution in [0, 0.1) is 0 Å². The Morgan fingerprint density at radius 2 is 1.95 bits per heavy atom. The molecule has 0 aromatic rings. The number of hydrogen-bond donors (Lipinski definition) is 1. The van der Waals surface area contributed by atoms with Gasteiger partial charge in [0.15, 0.2) is 0 Å². The van der Waals surface area contributed by atoms with Crippen LogP contribution in [0.2, 0.25) is 0 Å². The molecule has 0 aliphatic heterocycles. The van der Waals surface area contributed by atoms with Crippen molar-refractivity contribution in [3.8, 4) is 0 Å². The van der Waals surface area contributed by atoms with Crippen LogP contribution in [0.1, 0.15) is 38.5 Å². The van der Waals surface area contributed by atoms with Gasteiger partial charge in [-0.3, -0.25) is 4.79 Å². The number of halogens is 4. The van der Waals surface area contributed by atoms with Gasteiger partial charge in [-0.05, 0) is 12.8 Å². The summed E-state index contributed by atoms with van der Waals surface area (Å²) in [5.41, 5.74) is 0. The van der Waals surface area contributed by atoms with Gasteiger partial charge in [0, 0.05) is 12.5 Å². The summed E-state index contributed by atoms with van der Waals surface area (Å²) in [6.45, 7) is -1.55. The molecule has 1 saturated carbocycles. The van der Waals surface area contributed by atoms with E-state index in [0.29, 0.717) is 0 Å². The lowest BCUT2D eigenvalue weighted by molar-refractivity contribution is -0.174. The number of hydrogen-bond acceptors (Lipinski definition) is 2. The lowest BCUT2D eigenvalue weighted by atomic mass is 10.1. The molecule has 1 aliphatic carbocycles. The Labute approximate surface area is 115 Å². The first-order valence-electron chi connectivity index (χ1n) is 6.46. The summed E-state index contributed by atoms with van der Waals surface area (Å²) in [7, 11) is 0. The molecule has 1 N–H and O–H groups in total. The first-order valence-corrected chi connectivity index (χ1v) is 6.90. The zero-order chi connectivity index (χ0) is 14.3. The van der Waals surface area contributed by atoms with Crippen molar-refractivity contribution < 1.29 is 22.7 Å². The Kier molecular flexibility index (Phi) is 6.93. The maximum absolute atomic E-state index is 11.8. The Morgan fingerprint density at radius 1 is 1.26 bits per heavy atom. The van der Waals surface area contributed by atoms with E-state index in [-0.39, 0.29) is 30.4 Å². The molecule has 0 heterocycles. The summed E-state index contributed by atoms with van der Waals surface area (Å²) >= 11 is 6.16. The van der Waals surface area contributed by atoms with Crippen LogP contribution in [0.15, 0.2) is 0 Å². The summed E-state index contributed by atoms with van der Waals surface area (Å²) in [6.07, 6.45) is 0.424. The number of alkyl halides is 4. The van der Waals surface area contributed by atoms with Crippen molar-refractivity contribution in [2.24, 2.45) is 0 Å². The van der Waals surface area contributed by atoms with E-state index in [1.807, 2.05) is 0 Å². The second-order valence-electron chi connectivity index (χ2n) is 4.75. The predicted molar refractivity (Wildman–Crippen MR) is 66.1 cm³/mol. The molecule has 3 nitrogen and oxygen atoms in total. The number of carbonyl (C=O) groups excluding carboxylic acids is 1. The Hall–Kier alpha value is -0.490. The fraction of sp³-hybridized carbons (Fsp3) is 0.917. The Balaban J connectivity index is 2.19. The van der Waals surface area contributed by atoms with E-state index in [0.717, 1.165) is 32.1 Å². The molecular weight excluding hydrogens is 283 g/mol. The van der Waals surface area contributed by atoms with Crippen LogP contribution in [-0.2, 0) is 9.53 Å². The Morgan fingerprint density at radius 3 is 2.63 bits per heavy atom. The third-order valence-corrected chi connectivity index (χ3v) is 3.54. The molecule has 0 saturated heterocycles. The van der Waals surface area contributed by atoms with Gasteiger partial charge in [-0.15, -0.1) is 11.6 Å². The van der Waals surface area contributed by atoms with Crippen LogP contribution in [0.3, 0.4) is 0 Å². The molecule has 1 aliphatic rings. The highest BCUT2D eigenvalue weighted by Gasteiger charge is 2.27. The van der Waals surface area contributed by atoms with Crippen LogP contribution < -0.4 is 5.32 Å². The number of rotatable bonds is 5. The van der Waals surface area contributed by atoms with Crippen LogP contribution in [-0.4, -0.2) is 36.7 Å². The summed E-state index contributed by atoms with van der Waals surface area (Å²) in [4.78, 5) is 11.6. The van der Waals surface area contributed by atoms with Crippen molar-refractivity contribution in [1.82, 2.24) is 5.32 Å². The molecule has 0 spiro atoms. The van der Waals surface area contributed by atoms with E-state index in [4.69, 9.17) is 11.6 Å². The predicted octanol–water partition coefficient (Wildman–Crippen LogP) is 3.01. The molecule has 2 unspecified atom stereocenters. The summed E-state index contributed by atoms with van der Waals surface area (Å²) in [6, 6.07) is -0.0840. The van der Waals surface area contributed by atoms with E-state index < -0.39 is 12.8 Å². The number of amides is 1. The molecule has 0 radical (unpaired) electrons. The average Bonchev–Trinajstić information content (AvgIpc) is 2.49. The first kappa shape index (κ1) is 16.6. The Bertz CT molecular complexity index is 287. The lowest BCUT2D eigenvalue weighted by Gasteiger charge is -2.21. The van der Waals surface area contributed by atoms with Crippen LogP contribution >= 0.6 is 11.6 Å². The van der Waals surface area contributed by atoms with E-state index in [2.05, 4.69) is 10.1 Å². The van der Waals surface area contributed by atoms with Gasteiger partial charge in [0.25, 0.3) is 0 Å². The van der Waals surface area contributed by atoms with Crippen molar-refractivity contribution in [3.63, 3.8) is 0 Å². The molecule has 0 aromatic carbocycles. The van der Waals surface area contributed by atoms with Crippen LogP contribution in [0.4, 0.5) is 13.2 Å². The van der Waals surface area contributed by atoms with Gasteiger partial charge in [0.05, 0.1) is 12.0 Å². The van der Waals surface area contributed by atoms with Gasteiger partial charge < -0.3 is 10.1 Å². The number of carbonyl (C=O) groups is 1. The van der Waals surface area contributed by atoms with Gasteiger partial charge in [0.1, 0.15) is 6.61 Å². The first-order chi connectivity index (χ1) is 8.88. The third kappa shape index (κ3) is 7.62. The third-order valence-electron chi connectivity index (χ3n) is 3.02. The quantitative estimate of drug-likeness (QED) is 0.481. The summed E-state index contributed by atoms with van der Waals surface area (Å²) in [5.74, 6) is -0.306. The topological polar surface area (TPSA) is 38.3 Å². The molecule has 19 heavy (non-hydrogen) atoms. The highest BCUT2D eigenvalue weighted by Crippen LogP contribution is 2.22. The fourth-order valence-corrected chi connectivity index (χ4v) is 2.40. The van der Waals surface area contributed by atoms with Gasteiger partial charge in [-0.2, -0.15) is 13.2 Å². The van der Waals surface area contributed by atoms with E-state index in [1.54, 1.807) is 0 Å². The van der Waals surface area contributed by atoms with Crippen molar-refractivity contribution in [3.05, 3.63) is 0 Å². The largest absolute Gasteiger partial charge is 0.411 e. The summed E-state index contributed by atoms with van der Waals surface area (Å²) in [5, 5.41) is 2.68. The number of ether oxygens (including phenoxy) is 1. The minimum Gasteiger partial charge on any atom is -0.372 e. The molecule has 112 valence electrons. The minimum atomic E-state index is -4.35. The maximum atomic E-state index is 11.8. The zero-order valence-electron chi connectivity index (χ0n) is 10.6.